The van der Waals surface area contributed by atoms with Crippen LogP contribution in [0.1, 0.15) is 45.5 Å². The number of likely N-dealkylation sites (tertiary alicyclic amines) is 1. The van der Waals surface area contributed by atoms with Gasteiger partial charge in [0.1, 0.15) is 11.9 Å². The van der Waals surface area contributed by atoms with E-state index in [1.165, 1.54) is 0 Å². The van der Waals surface area contributed by atoms with Crippen LogP contribution in [0.15, 0.2) is 6.33 Å². The van der Waals surface area contributed by atoms with Gasteiger partial charge in [-0.05, 0) is 33.6 Å². The average molecular weight is 252 g/mol. The van der Waals surface area contributed by atoms with E-state index in [0.29, 0.717) is 12.4 Å². The highest BCUT2D eigenvalue weighted by Crippen LogP contribution is 2.30. The SMILES string of the molecule is Cn1cnc([C@@H]2CCCN2C(=O)OC(C)(C)C)n1. The van der Waals surface area contributed by atoms with Crippen LogP contribution in [-0.4, -0.2) is 37.9 Å². The molecule has 1 aromatic heterocycles. The second-order valence-electron chi connectivity index (χ2n) is 5.61. The van der Waals surface area contributed by atoms with Crippen LogP contribution in [0, 0.1) is 0 Å². The first-order valence-electron chi connectivity index (χ1n) is 6.22. The van der Waals surface area contributed by atoms with Crippen molar-refractivity contribution in [3.05, 3.63) is 12.2 Å². The third kappa shape index (κ3) is 2.80. The molecule has 1 atom stereocenters. The first-order chi connectivity index (χ1) is 8.37. The number of hydrogen-bond acceptors (Lipinski definition) is 4. The summed E-state index contributed by atoms with van der Waals surface area (Å²) < 4.78 is 7.06. The van der Waals surface area contributed by atoms with Crippen molar-refractivity contribution in [1.29, 1.82) is 0 Å². The van der Waals surface area contributed by atoms with Crippen LogP contribution in [0.3, 0.4) is 0 Å². The third-order valence-electron chi connectivity index (χ3n) is 2.80. The van der Waals surface area contributed by atoms with Crippen LogP contribution in [0.5, 0.6) is 0 Å². The Bertz CT molecular complexity index is 436. The Hall–Kier alpha value is -1.59. The number of aromatic nitrogens is 3. The van der Waals surface area contributed by atoms with Crippen LogP contribution in [0.2, 0.25) is 0 Å². The van der Waals surface area contributed by atoms with Gasteiger partial charge in [0, 0.05) is 13.6 Å². The first-order valence-corrected chi connectivity index (χ1v) is 6.22. The predicted molar refractivity (Wildman–Crippen MR) is 65.9 cm³/mol. The van der Waals surface area contributed by atoms with E-state index in [4.69, 9.17) is 4.74 Å². The molecule has 18 heavy (non-hydrogen) atoms. The van der Waals surface area contributed by atoms with Gasteiger partial charge in [0.2, 0.25) is 0 Å². The molecule has 1 amide bonds. The zero-order valence-electron chi connectivity index (χ0n) is 11.4. The van der Waals surface area contributed by atoms with Crippen molar-refractivity contribution < 1.29 is 9.53 Å². The van der Waals surface area contributed by atoms with E-state index < -0.39 is 5.60 Å². The monoisotopic (exact) mass is 252 g/mol. The number of nitrogens with zero attached hydrogens (tertiary/aromatic N) is 4. The lowest BCUT2D eigenvalue weighted by molar-refractivity contribution is 0.0218. The van der Waals surface area contributed by atoms with Crippen molar-refractivity contribution >= 4 is 6.09 Å². The molecule has 0 radical (unpaired) electrons. The summed E-state index contributed by atoms with van der Waals surface area (Å²) in [5.74, 6) is 0.695. The van der Waals surface area contributed by atoms with Crippen LogP contribution in [0.4, 0.5) is 4.79 Å². The van der Waals surface area contributed by atoms with Crippen LogP contribution < -0.4 is 0 Å². The molecule has 100 valence electrons. The Kier molecular flexibility index (Phi) is 3.28. The zero-order valence-corrected chi connectivity index (χ0v) is 11.4. The van der Waals surface area contributed by atoms with Crippen molar-refractivity contribution in [2.45, 2.75) is 45.3 Å². The van der Waals surface area contributed by atoms with E-state index in [-0.39, 0.29) is 12.1 Å². The van der Waals surface area contributed by atoms with Gasteiger partial charge in [-0.3, -0.25) is 9.58 Å². The second kappa shape index (κ2) is 4.59. The molecule has 0 bridgehead atoms. The number of amides is 1. The van der Waals surface area contributed by atoms with E-state index in [0.717, 1.165) is 12.8 Å². The summed E-state index contributed by atoms with van der Waals surface area (Å²) in [5.41, 5.74) is -0.470. The van der Waals surface area contributed by atoms with Crippen LogP contribution in [-0.2, 0) is 11.8 Å². The maximum atomic E-state index is 12.1. The van der Waals surface area contributed by atoms with E-state index in [1.807, 2.05) is 27.8 Å². The Balaban J connectivity index is 2.10. The summed E-state index contributed by atoms with van der Waals surface area (Å²) in [7, 11) is 1.82. The zero-order chi connectivity index (χ0) is 13.3. The lowest BCUT2D eigenvalue weighted by Gasteiger charge is -2.27. The standard InChI is InChI=1S/C12H20N4O2/c1-12(2,3)18-11(17)16-7-5-6-9(16)10-13-8-15(4)14-10/h8-9H,5-7H2,1-4H3/t9-/m0/s1. The van der Waals surface area contributed by atoms with Crippen molar-refractivity contribution in [1.82, 2.24) is 19.7 Å². The summed E-state index contributed by atoms with van der Waals surface area (Å²) in [4.78, 5) is 18.0. The lowest BCUT2D eigenvalue weighted by atomic mass is 10.2. The van der Waals surface area contributed by atoms with Crippen LogP contribution >= 0.6 is 0 Å². The number of carbonyl (C=O) groups is 1. The first kappa shape index (κ1) is 12.9. The average Bonchev–Trinajstić information content (AvgIpc) is 2.81. The topological polar surface area (TPSA) is 60.2 Å². The highest BCUT2D eigenvalue weighted by molar-refractivity contribution is 5.69. The Morgan fingerprint density at radius 3 is 2.78 bits per heavy atom. The molecule has 0 spiro atoms. The smallest absolute Gasteiger partial charge is 0.410 e. The van der Waals surface area contributed by atoms with Gasteiger partial charge in [-0.15, -0.1) is 0 Å². The van der Waals surface area contributed by atoms with Crippen molar-refractivity contribution in [3.8, 4) is 0 Å². The highest BCUT2D eigenvalue weighted by Gasteiger charge is 2.35. The molecule has 0 aromatic carbocycles. The summed E-state index contributed by atoms with van der Waals surface area (Å²) in [6, 6.07) is -0.0546. The Morgan fingerprint density at radius 2 is 2.22 bits per heavy atom. The van der Waals surface area contributed by atoms with Gasteiger partial charge in [0.05, 0.1) is 6.04 Å². The maximum absolute atomic E-state index is 12.1. The molecule has 1 aromatic rings. The summed E-state index contributed by atoms with van der Waals surface area (Å²) in [5, 5.41) is 4.28. The van der Waals surface area contributed by atoms with Gasteiger partial charge < -0.3 is 4.74 Å². The molecule has 0 aliphatic carbocycles. The molecular weight excluding hydrogens is 232 g/mol. The minimum absolute atomic E-state index is 0.0546. The fourth-order valence-electron chi connectivity index (χ4n) is 2.08. The molecule has 6 nitrogen and oxygen atoms in total. The molecule has 2 rings (SSSR count). The van der Waals surface area contributed by atoms with Gasteiger partial charge in [-0.2, -0.15) is 5.10 Å². The normalized spacial score (nSPS) is 20.2. The Morgan fingerprint density at radius 1 is 1.50 bits per heavy atom. The summed E-state index contributed by atoms with van der Waals surface area (Å²) in [6.07, 6.45) is 3.23. The molecule has 2 heterocycles. The predicted octanol–water partition coefficient (Wildman–Crippen LogP) is 1.89. The van der Waals surface area contributed by atoms with Gasteiger partial charge in [-0.1, -0.05) is 0 Å². The number of carbonyl (C=O) groups excluding carboxylic acids is 1. The van der Waals surface area contributed by atoms with Crippen molar-refractivity contribution in [2.24, 2.45) is 7.05 Å². The van der Waals surface area contributed by atoms with Crippen LogP contribution in [0.25, 0.3) is 0 Å². The molecule has 0 unspecified atom stereocenters. The fraction of sp³-hybridized carbons (Fsp3) is 0.750. The highest BCUT2D eigenvalue weighted by atomic mass is 16.6. The largest absolute Gasteiger partial charge is 0.444 e. The Labute approximate surface area is 107 Å². The van der Waals surface area contributed by atoms with E-state index >= 15 is 0 Å². The summed E-state index contributed by atoms with van der Waals surface area (Å²) in [6.45, 7) is 6.32. The minimum Gasteiger partial charge on any atom is -0.444 e. The molecule has 0 saturated carbocycles. The summed E-state index contributed by atoms with van der Waals surface area (Å²) >= 11 is 0. The van der Waals surface area contributed by atoms with Crippen molar-refractivity contribution in [3.63, 3.8) is 0 Å². The second-order valence-corrected chi connectivity index (χ2v) is 5.61. The molecule has 1 aliphatic heterocycles. The van der Waals surface area contributed by atoms with E-state index in [2.05, 4.69) is 10.1 Å². The quantitative estimate of drug-likeness (QED) is 0.765. The molecule has 6 heteroatoms. The van der Waals surface area contributed by atoms with E-state index in [1.54, 1.807) is 15.9 Å². The maximum Gasteiger partial charge on any atom is 0.410 e. The molecular formula is C12H20N4O2. The molecule has 0 N–H and O–H groups in total. The number of ether oxygens (including phenoxy) is 1. The van der Waals surface area contributed by atoms with Gasteiger partial charge >= 0.3 is 6.09 Å². The van der Waals surface area contributed by atoms with Crippen molar-refractivity contribution in [2.75, 3.05) is 6.54 Å². The third-order valence-corrected chi connectivity index (χ3v) is 2.80. The minimum atomic E-state index is -0.470. The van der Waals surface area contributed by atoms with Gasteiger partial charge in [0.15, 0.2) is 5.82 Å². The molecule has 1 aliphatic rings. The fourth-order valence-corrected chi connectivity index (χ4v) is 2.08. The number of aryl methyl sites for hydroxylation is 1. The lowest BCUT2D eigenvalue weighted by Crippen LogP contribution is -2.36. The number of hydrogen-bond donors (Lipinski definition) is 0. The number of rotatable bonds is 1. The molecule has 1 fully saturated rings. The van der Waals surface area contributed by atoms with Gasteiger partial charge in [0.25, 0.3) is 0 Å². The molecule has 1 saturated heterocycles. The van der Waals surface area contributed by atoms with E-state index in [9.17, 15) is 4.79 Å². The van der Waals surface area contributed by atoms with Gasteiger partial charge in [-0.25, -0.2) is 9.78 Å².